The lowest BCUT2D eigenvalue weighted by Crippen LogP contribution is -1.92. The molecule has 0 aliphatic heterocycles. The van der Waals surface area contributed by atoms with Crippen molar-refractivity contribution < 1.29 is 0 Å². The molecule has 0 saturated carbocycles. The van der Waals surface area contributed by atoms with E-state index in [4.69, 9.17) is 28.9 Å². The first-order valence-electron chi connectivity index (χ1n) is 4.73. The van der Waals surface area contributed by atoms with Gasteiger partial charge in [-0.3, -0.25) is 0 Å². The topological polar surface area (TPSA) is 38.0 Å². The Hall–Kier alpha value is -1.38. The van der Waals surface area contributed by atoms with E-state index in [2.05, 4.69) is 5.32 Å². The molecule has 0 aliphatic carbocycles. The maximum Gasteiger partial charge on any atom is 0.0636 e. The summed E-state index contributed by atoms with van der Waals surface area (Å²) in [6.45, 7) is 0. The zero-order valence-corrected chi connectivity index (χ0v) is 9.89. The zero-order valence-electron chi connectivity index (χ0n) is 8.37. The summed E-state index contributed by atoms with van der Waals surface area (Å²) >= 11 is 11.7. The van der Waals surface area contributed by atoms with E-state index in [0.717, 1.165) is 11.4 Å². The third-order valence-corrected chi connectivity index (χ3v) is 2.69. The molecule has 0 atom stereocenters. The summed E-state index contributed by atoms with van der Waals surface area (Å²) in [7, 11) is 0. The van der Waals surface area contributed by atoms with Crippen molar-refractivity contribution >= 4 is 40.3 Å². The van der Waals surface area contributed by atoms with E-state index in [1.54, 1.807) is 12.1 Å². The first-order valence-corrected chi connectivity index (χ1v) is 5.48. The summed E-state index contributed by atoms with van der Waals surface area (Å²) in [6, 6.07) is 12.9. The molecule has 0 amide bonds. The van der Waals surface area contributed by atoms with Gasteiger partial charge in [0.1, 0.15) is 0 Å². The van der Waals surface area contributed by atoms with Crippen LogP contribution in [0.15, 0.2) is 42.5 Å². The largest absolute Gasteiger partial charge is 0.397 e. The number of nitrogens with two attached hydrogens (primary N) is 1. The molecule has 4 heteroatoms. The van der Waals surface area contributed by atoms with Crippen molar-refractivity contribution in [3.63, 3.8) is 0 Å². The molecule has 2 aromatic rings. The van der Waals surface area contributed by atoms with E-state index in [-0.39, 0.29) is 0 Å². The van der Waals surface area contributed by atoms with Gasteiger partial charge in [0.05, 0.1) is 10.7 Å². The fourth-order valence-electron chi connectivity index (χ4n) is 1.35. The van der Waals surface area contributed by atoms with E-state index in [1.807, 2.05) is 30.3 Å². The van der Waals surface area contributed by atoms with Crippen molar-refractivity contribution in [2.24, 2.45) is 0 Å². The molecule has 0 unspecified atom stereocenters. The van der Waals surface area contributed by atoms with Gasteiger partial charge in [-0.2, -0.15) is 0 Å². The Kier molecular flexibility index (Phi) is 3.22. The molecule has 2 rings (SSSR count). The number of halogens is 2. The normalized spacial score (nSPS) is 10.1. The van der Waals surface area contributed by atoms with Crippen molar-refractivity contribution in [2.45, 2.75) is 0 Å². The lowest BCUT2D eigenvalue weighted by Gasteiger charge is -2.08. The van der Waals surface area contributed by atoms with Crippen LogP contribution in [0.5, 0.6) is 0 Å². The summed E-state index contributed by atoms with van der Waals surface area (Å²) in [5, 5.41) is 4.43. The van der Waals surface area contributed by atoms with Crippen molar-refractivity contribution in [3.8, 4) is 0 Å². The van der Waals surface area contributed by atoms with Crippen LogP contribution in [-0.4, -0.2) is 0 Å². The number of anilines is 3. The van der Waals surface area contributed by atoms with Gasteiger partial charge in [-0.15, -0.1) is 0 Å². The molecule has 0 aliphatic rings. The highest BCUT2D eigenvalue weighted by molar-refractivity contribution is 6.33. The Labute approximate surface area is 104 Å². The maximum absolute atomic E-state index is 5.88. The number of hydrogen-bond acceptors (Lipinski definition) is 2. The predicted octanol–water partition coefficient (Wildman–Crippen LogP) is 4.32. The van der Waals surface area contributed by atoms with Crippen LogP contribution in [0.4, 0.5) is 17.1 Å². The lowest BCUT2D eigenvalue weighted by molar-refractivity contribution is 1.55. The fourth-order valence-corrected chi connectivity index (χ4v) is 1.66. The second kappa shape index (κ2) is 4.64. The Morgan fingerprint density at radius 3 is 2.38 bits per heavy atom. The van der Waals surface area contributed by atoms with Crippen LogP contribution in [0.2, 0.25) is 10.0 Å². The van der Waals surface area contributed by atoms with Crippen LogP contribution < -0.4 is 11.1 Å². The summed E-state index contributed by atoms with van der Waals surface area (Å²) in [6.07, 6.45) is 0. The summed E-state index contributed by atoms with van der Waals surface area (Å²) < 4.78 is 0. The second-order valence-electron chi connectivity index (χ2n) is 3.37. The highest BCUT2D eigenvalue weighted by Crippen LogP contribution is 2.25. The predicted molar refractivity (Wildman–Crippen MR) is 70.6 cm³/mol. The molecule has 2 aromatic carbocycles. The van der Waals surface area contributed by atoms with Crippen molar-refractivity contribution in [3.05, 3.63) is 52.5 Å². The summed E-state index contributed by atoms with van der Waals surface area (Å²) in [5.74, 6) is 0. The quantitative estimate of drug-likeness (QED) is 0.782. The second-order valence-corrected chi connectivity index (χ2v) is 4.22. The fraction of sp³-hybridized carbons (Fsp3) is 0. The van der Waals surface area contributed by atoms with Crippen LogP contribution in [0.25, 0.3) is 0 Å². The Morgan fingerprint density at radius 1 is 0.938 bits per heavy atom. The highest BCUT2D eigenvalue weighted by atomic mass is 35.5. The number of rotatable bonds is 2. The average Bonchev–Trinajstić information content (AvgIpc) is 2.24. The molecule has 0 fully saturated rings. The molecule has 0 saturated heterocycles. The molecular weight excluding hydrogens is 243 g/mol. The summed E-state index contributed by atoms with van der Waals surface area (Å²) in [4.78, 5) is 0. The van der Waals surface area contributed by atoms with Crippen molar-refractivity contribution in [2.75, 3.05) is 11.1 Å². The Bertz CT molecular complexity index is 512. The van der Waals surface area contributed by atoms with Gasteiger partial charge >= 0.3 is 0 Å². The zero-order chi connectivity index (χ0) is 11.5. The first-order chi connectivity index (χ1) is 7.65. The van der Waals surface area contributed by atoms with Crippen LogP contribution in [0, 0.1) is 0 Å². The molecule has 82 valence electrons. The lowest BCUT2D eigenvalue weighted by atomic mass is 10.2. The molecule has 0 spiro atoms. The standard InChI is InChI=1S/C12H10Cl2N2/c13-8-2-1-3-9(6-8)16-10-4-5-11(14)12(15)7-10/h1-7,16H,15H2. The average molecular weight is 253 g/mol. The van der Waals surface area contributed by atoms with Crippen LogP contribution in [-0.2, 0) is 0 Å². The molecule has 2 nitrogen and oxygen atoms in total. The van der Waals surface area contributed by atoms with Gasteiger partial charge in [-0.1, -0.05) is 29.3 Å². The van der Waals surface area contributed by atoms with E-state index in [9.17, 15) is 0 Å². The van der Waals surface area contributed by atoms with Gasteiger partial charge in [0.2, 0.25) is 0 Å². The van der Waals surface area contributed by atoms with Crippen LogP contribution in [0.1, 0.15) is 0 Å². The van der Waals surface area contributed by atoms with E-state index < -0.39 is 0 Å². The third-order valence-electron chi connectivity index (χ3n) is 2.11. The van der Waals surface area contributed by atoms with Crippen molar-refractivity contribution in [1.82, 2.24) is 0 Å². The molecule has 0 radical (unpaired) electrons. The van der Waals surface area contributed by atoms with E-state index in [0.29, 0.717) is 15.7 Å². The summed E-state index contributed by atoms with van der Waals surface area (Å²) in [5.41, 5.74) is 8.05. The molecule has 0 bridgehead atoms. The number of nitrogen functional groups attached to an aromatic ring is 1. The van der Waals surface area contributed by atoms with Crippen molar-refractivity contribution in [1.29, 1.82) is 0 Å². The van der Waals surface area contributed by atoms with E-state index >= 15 is 0 Å². The van der Waals surface area contributed by atoms with Gasteiger partial charge in [-0.25, -0.2) is 0 Å². The van der Waals surface area contributed by atoms with Gasteiger partial charge in [-0.05, 0) is 36.4 Å². The van der Waals surface area contributed by atoms with Gasteiger partial charge in [0.15, 0.2) is 0 Å². The molecule has 3 N–H and O–H groups in total. The van der Waals surface area contributed by atoms with Gasteiger partial charge in [0, 0.05) is 16.4 Å². The smallest absolute Gasteiger partial charge is 0.0636 e. The minimum Gasteiger partial charge on any atom is -0.397 e. The monoisotopic (exact) mass is 252 g/mol. The minimum atomic E-state index is 0.550. The number of hydrogen-bond donors (Lipinski definition) is 2. The number of nitrogens with one attached hydrogen (secondary N) is 1. The molecule has 16 heavy (non-hydrogen) atoms. The first kappa shape index (κ1) is 11.1. The van der Waals surface area contributed by atoms with Crippen LogP contribution in [0.3, 0.4) is 0 Å². The SMILES string of the molecule is Nc1cc(Nc2cccc(Cl)c2)ccc1Cl. The molecule has 0 heterocycles. The molecule has 0 aromatic heterocycles. The molecular formula is C12H10Cl2N2. The third kappa shape index (κ3) is 2.60. The van der Waals surface area contributed by atoms with Gasteiger partial charge in [0.25, 0.3) is 0 Å². The minimum absolute atomic E-state index is 0.550. The Morgan fingerprint density at radius 2 is 1.69 bits per heavy atom. The Balaban J connectivity index is 2.24. The maximum atomic E-state index is 5.88. The highest BCUT2D eigenvalue weighted by Gasteiger charge is 1.99. The van der Waals surface area contributed by atoms with Gasteiger partial charge < -0.3 is 11.1 Å². The van der Waals surface area contributed by atoms with E-state index in [1.165, 1.54) is 0 Å². The number of benzene rings is 2. The van der Waals surface area contributed by atoms with Crippen LogP contribution >= 0.6 is 23.2 Å².